The van der Waals surface area contributed by atoms with Gasteiger partial charge >= 0.3 is 0 Å². The van der Waals surface area contributed by atoms with Crippen molar-refractivity contribution in [3.05, 3.63) is 35.4 Å². The second kappa shape index (κ2) is 6.61. The van der Waals surface area contributed by atoms with Crippen molar-refractivity contribution in [2.45, 2.75) is 33.3 Å². The highest BCUT2D eigenvalue weighted by molar-refractivity contribution is 7.11. The van der Waals surface area contributed by atoms with Gasteiger partial charge in [0, 0.05) is 6.54 Å². The number of aromatic nitrogens is 1. The van der Waals surface area contributed by atoms with Gasteiger partial charge in [0.15, 0.2) is 16.6 Å². The topological polar surface area (TPSA) is 60.2 Å². The van der Waals surface area contributed by atoms with Crippen molar-refractivity contribution >= 4 is 22.4 Å². The van der Waals surface area contributed by atoms with Gasteiger partial charge in [-0.3, -0.25) is 0 Å². The van der Waals surface area contributed by atoms with Crippen LogP contribution in [0.5, 0.6) is 5.75 Å². The normalized spacial score (nSPS) is 10.8. The first-order chi connectivity index (χ1) is 9.56. The van der Waals surface area contributed by atoms with Crippen LogP contribution in [0.1, 0.15) is 25.0 Å². The molecule has 5 heteroatoms. The van der Waals surface area contributed by atoms with Gasteiger partial charge in [0.25, 0.3) is 0 Å². The standard InChI is InChI=1S/C15H21N3OS/c1-10(2)19-13-14(16)18-20-15(13)17-8-7-12-6-4-5-11(3)9-12/h4-6,9-10,17H,7-8H2,1-3H3,(H2,16,18). The average molecular weight is 291 g/mol. The van der Waals surface area contributed by atoms with Crippen LogP contribution in [0.2, 0.25) is 0 Å². The van der Waals surface area contributed by atoms with Gasteiger partial charge in [-0.05, 0) is 44.3 Å². The summed E-state index contributed by atoms with van der Waals surface area (Å²) in [6.45, 7) is 6.90. The van der Waals surface area contributed by atoms with Crippen molar-refractivity contribution in [1.29, 1.82) is 0 Å². The molecule has 0 aliphatic carbocycles. The van der Waals surface area contributed by atoms with E-state index in [1.54, 1.807) is 0 Å². The van der Waals surface area contributed by atoms with E-state index in [-0.39, 0.29) is 6.10 Å². The number of anilines is 2. The summed E-state index contributed by atoms with van der Waals surface area (Å²) in [6.07, 6.45) is 1.05. The molecule has 20 heavy (non-hydrogen) atoms. The minimum Gasteiger partial charge on any atom is -0.484 e. The fourth-order valence-corrected chi connectivity index (χ4v) is 2.62. The number of benzene rings is 1. The van der Waals surface area contributed by atoms with E-state index < -0.39 is 0 Å². The molecular formula is C15H21N3OS. The molecule has 0 saturated carbocycles. The minimum atomic E-state index is 0.0889. The Bertz CT molecular complexity index is 566. The summed E-state index contributed by atoms with van der Waals surface area (Å²) in [5, 5.41) is 4.26. The Kier molecular flexibility index (Phi) is 4.84. The van der Waals surface area contributed by atoms with Crippen LogP contribution in [0, 0.1) is 6.92 Å². The van der Waals surface area contributed by atoms with Crippen LogP contribution in [0.15, 0.2) is 24.3 Å². The second-order valence-corrected chi connectivity index (χ2v) is 5.83. The lowest BCUT2D eigenvalue weighted by atomic mass is 10.1. The lowest BCUT2D eigenvalue weighted by molar-refractivity contribution is 0.245. The zero-order chi connectivity index (χ0) is 14.5. The van der Waals surface area contributed by atoms with E-state index in [2.05, 4.69) is 40.9 Å². The van der Waals surface area contributed by atoms with E-state index in [0.29, 0.717) is 11.6 Å². The van der Waals surface area contributed by atoms with E-state index in [1.165, 1.54) is 22.7 Å². The molecule has 0 radical (unpaired) electrons. The highest BCUT2D eigenvalue weighted by Crippen LogP contribution is 2.35. The lowest BCUT2D eigenvalue weighted by Gasteiger charge is -2.11. The predicted octanol–water partition coefficient (Wildman–Crippen LogP) is 3.48. The third kappa shape index (κ3) is 3.87. The van der Waals surface area contributed by atoms with E-state index in [1.807, 2.05) is 13.8 Å². The zero-order valence-corrected chi connectivity index (χ0v) is 13.0. The van der Waals surface area contributed by atoms with Crippen LogP contribution in [-0.2, 0) is 6.42 Å². The van der Waals surface area contributed by atoms with Crippen molar-refractivity contribution in [2.75, 3.05) is 17.6 Å². The number of hydrogen-bond donors (Lipinski definition) is 2. The molecule has 2 aromatic rings. The molecule has 1 aromatic carbocycles. The Morgan fingerprint density at radius 3 is 2.90 bits per heavy atom. The van der Waals surface area contributed by atoms with Crippen LogP contribution < -0.4 is 15.8 Å². The van der Waals surface area contributed by atoms with Crippen LogP contribution in [0.25, 0.3) is 0 Å². The maximum absolute atomic E-state index is 5.83. The van der Waals surface area contributed by atoms with Gasteiger partial charge in [-0.1, -0.05) is 29.8 Å². The van der Waals surface area contributed by atoms with Gasteiger partial charge < -0.3 is 15.8 Å². The predicted molar refractivity (Wildman–Crippen MR) is 85.7 cm³/mol. The molecule has 2 rings (SSSR count). The molecule has 108 valence electrons. The molecule has 0 bridgehead atoms. The summed E-state index contributed by atoms with van der Waals surface area (Å²) in [6, 6.07) is 8.54. The number of aryl methyl sites for hydroxylation is 1. The molecule has 0 aliphatic heterocycles. The maximum atomic E-state index is 5.83. The third-order valence-corrected chi connectivity index (χ3v) is 3.61. The van der Waals surface area contributed by atoms with Gasteiger partial charge in [-0.2, -0.15) is 4.37 Å². The van der Waals surface area contributed by atoms with Crippen LogP contribution in [0.3, 0.4) is 0 Å². The Balaban J connectivity index is 1.94. The van der Waals surface area contributed by atoms with Gasteiger partial charge in [-0.15, -0.1) is 0 Å². The summed E-state index contributed by atoms with van der Waals surface area (Å²) in [4.78, 5) is 0. The number of ether oxygens (including phenoxy) is 1. The van der Waals surface area contributed by atoms with Gasteiger partial charge in [-0.25, -0.2) is 0 Å². The Morgan fingerprint density at radius 1 is 1.40 bits per heavy atom. The smallest absolute Gasteiger partial charge is 0.197 e. The van der Waals surface area contributed by atoms with Gasteiger partial charge in [0.05, 0.1) is 6.10 Å². The van der Waals surface area contributed by atoms with E-state index >= 15 is 0 Å². The largest absolute Gasteiger partial charge is 0.484 e. The molecule has 0 fully saturated rings. The van der Waals surface area contributed by atoms with Crippen molar-refractivity contribution in [3.8, 4) is 5.75 Å². The van der Waals surface area contributed by atoms with Gasteiger partial charge in [0.2, 0.25) is 0 Å². The number of hydrogen-bond acceptors (Lipinski definition) is 5. The molecule has 0 aliphatic rings. The van der Waals surface area contributed by atoms with Crippen molar-refractivity contribution in [2.24, 2.45) is 0 Å². The number of nitrogens with one attached hydrogen (secondary N) is 1. The molecule has 0 unspecified atom stereocenters. The molecular weight excluding hydrogens is 270 g/mol. The summed E-state index contributed by atoms with van der Waals surface area (Å²) >= 11 is 1.35. The van der Waals surface area contributed by atoms with E-state index in [4.69, 9.17) is 10.5 Å². The summed E-state index contributed by atoms with van der Waals surface area (Å²) in [7, 11) is 0. The van der Waals surface area contributed by atoms with Crippen molar-refractivity contribution < 1.29 is 4.74 Å². The number of nitrogens with zero attached hydrogens (tertiary/aromatic N) is 1. The summed E-state index contributed by atoms with van der Waals surface area (Å²) < 4.78 is 9.84. The van der Waals surface area contributed by atoms with E-state index in [9.17, 15) is 0 Å². The SMILES string of the molecule is Cc1cccc(CCNc2snc(N)c2OC(C)C)c1. The van der Waals surface area contributed by atoms with Crippen LogP contribution in [0.4, 0.5) is 10.8 Å². The lowest BCUT2D eigenvalue weighted by Crippen LogP contribution is -2.10. The molecule has 0 amide bonds. The maximum Gasteiger partial charge on any atom is 0.197 e. The minimum absolute atomic E-state index is 0.0889. The fraction of sp³-hybridized carbons (Fsp3) is 0.400. The summed E-state index contributed by atoms with van der Waals surface area (Å²) in [5.41, 5.74) is 8.43. The first-order valence-corrected chi connectivity index (χ1v) is 7.55. The molecule has 1 aromatic heterocycles. The number of rotatable bonds is 6. The fourth-order valence-electron chi connectivity index (χ4n) is 1.94. The first kappa shape index (κ1) is 14.7. The molecule has 0 spiro atoms. The molecule has 1 heterocycles. The quantitative estimate of drug-likeness (QED) is 0.855. The summed E-state index contributed by atoms with van der Waals surface area (Å²) in [5.74, 6) is 1.14. The highest BCUT2D eigenvalue weighted by atomic mass is 32.1. The first-order valence-electron chi connectivity index (χ1n) is 6.77. The molecule has 0 atom stereocenters. The number of nitrogen functional groups attached to an aromatic ring is 1. The molecule has 0 saturated heterocycles. The van der Waals surface area contributed by atoms with Crippen molar-refractivity contribution in [1.82, 2.24) is 4.37 Å². The van der Waals surface area contributed by atoms with E-state index in [0.717, 1.165) is 18.0 Å². The Hall–Kier alpha value is -1.75. The molecule has 3 N–H and O–H groups in total. The zero-order valence-electron chi connectivity index (χ0n) is 12.1. The van der Waals surface area contributed by atoms with Crippen molar-refractivity contribution in [3.63, 3.8) is 0 Å². The average Bonchev–Trinajstić information content (AvgIpc) is 2.71. The monoisotopic (exact) mass is 291 g/mol. The Labute approximate surface area is 124 Å². The third-order valence-electron chi connectivity index (χ3n) is 2.81. The Morgan fingerprint density at radius 2 is 2.20 bits per heavy atom. The van der Waals surface area contributed by atoms with Crippen LogP contribution >= 0.6 is 11.5 Å². The van der Waals surface area contributed by atoms with Gasteiger partial charge in [0.1, 0.15) is 0 Å². The van der Waals surface area contributed by atoms with Crippen LogP contribution in [-0.4, -0.2) is 17.0 Å². The number of nitrogens with two attached hydrogens (primary N) is 1. The highest BCUT2D eigenvalue weighted by Gasteiger charge is 2.13. The molecule has 4 nitrogen and oxygen atoms in total. The second-order valence-electron chi connectivity index (χ2n) is 5.06.